The molecule has 0 atom stereocenters. The molecule has 0 fully saturated rings. The fourth-order valence-corrected chi connectivity index (χ4v) is 2.85. The van der Waals surface area contributed by atoms with Gasteiger partial charge in [-0.3, -0.25) is 4.79 Å². The lowest BCUT2D eigenvalue weighted by Crippen LogP contribution is -2.27. The summed E-state index contributed by atoms with van der Waals surface area (Å²) in [5, 5.41) is 9.22. The van der Waals surface area contributed by atoms with E-state index in [0.717, 1.165) is 27.3 Å². The van der Waals surface area contributed by atoms with Gasteiger partial charge in [-0.25, -0.2) is 0 Å². The Kier molecular flexibility index (Phi) is 4.32. The minimum atomic E-state index is -0.875. The number of carboxylic acid groups (broad SMARTS) is 1. The number of benzene rings is 1. The van der Waals surface area contributed by atoms with E-state index in [4.69, 9.17) is 4.74 Å². The largest absolute Gasteiger partial charge is 0.495 e. The molecule has 0 radical (unpaired) electrons. The summed E-state index contributed by atoms with van der Waals surface area (Å²) in [5.74, 6) is -0.0426. The average molecular weight is 268 g/mol. The van der Waals surface area contributed by atoms with Crippen LogP contribution in [0, 0.1) is 20.8 Å². The highest BCUT2D eigenvalue weighted by molar-refractivity contribution is 8.01. The summed E-state index contributed by atoms with van der Waals surface area (Å²) < 4.78 is 4.57. The zero-order valence-electron chi connectivity index (χ0n) is 11.7. The Morgan fingerprint density at radius 2 is 1.83 bits per heavy atom. The number of ether oxygens (including phenoxy) is 1. The summed E-state index contributed by atoms with van der Waals surface area (Å²) >= 11 is 1.33. The number of thioether (sulfide) groups is 1. The zero-order chi connectivity index (χ0) is 14.1. The Balaban J connectivity index is 3.33. The highest BCUT2D eigenvalue weighted by Gasteiger charge is 2.31. The Bertz CT molecular complexity index is 478. The molecule has 0 amide bonds. The van der Waals surface area contributed by atoms with Gasteiger partial charge in [0.2, 0.25) is 0 Å². The van der Waals surface area contributed by atoms with Crippen molar-refractivity contribution in [3.63, 3.8) is 0 Å². The highest BCUT2D eigenvalue weighted by Crippen LogP contribution is 2.43. The third-order valence-electron chi connectivity index (χ3n) is 3.01. The van der Waals surface area contributed by atoms with Crippen LogP contribution >= 0.6 is 11.8 Å². The first-order valence-corrected chi connectivity index (χ1v) is 6.59. The first-order chi connectivity index (χ1) is 8.20. The number of carbonyl (C=O) groups is 1. The van der Waals surface area contributed by atoms with Crippen LogP contribution in [0.3, 0.4) is 0 Å². The molecule has 0 spiro atoms. The van der Waals surface area contributed by atoms with Gasteiger partial charge < -0.3 is 9.84 Å². The fraction of sp³-hybridized carbons (Fsp3) is 0.500. The first kappa shape index (κ1) is 14.9. The minimum absolute atomic E-state index is 0.784. The quantitative estimate of drug-likeness (QED) is 0.848. The SMILES string of the molecule is COc1c(C)c(C)cc(C)c1SC(C)(C)C(=O)O. The van der Waals surface area contributed by atoms with Crippen LogP contribution in [0.15, 0.2) is 11.0 Å². The van der Waals surface area contributed by atoms with Crippen LogP contribution < -0.4 is 4.74 Å². The second-order valence-corrected chi connectivity index (χ2v) is 6.55. The van der Waals surface area contributed by atoms with Crippen LogP contribution in [-0.2, 0) is 4.79 Å². The molecule has 0 saturated heterocycles. The molecule has 1 aromatic rings. The van der Waals surface area contributed by atoms with Gasteiger partial charge >= 0.3 is 5.97 Å². The number of aryl methyl sites for hydroxylation is 2. The molecule has 0 aliphatic rings. The Morgan fingerprint density at radius 3 is 2.28 bits per heavy atom. The van der Waals surface area contributed by atoms with E-state index in [0.29, 0.717) is 0 Å². The summed E-state index contributed by atoms with van der Waals surface area (Å²) in [6.45, 7) is 9.41. The molecule has 0 unspecified atom stereocenters. The number of rotatable bonds is 4. The monoisotopic (exact) mass is 268 g/mol. The second kappa shape index (κ2) is 5.22. The predicted molar refractivity (Wildman–Crippen MR) is 74.8 cm³/mol. The zero-order valence-corrected chi connectivity index (χ0v) is 12.6. The van der Waals surface area contributed by atoms with Gasteiger partial charge in [0.25, 0.3) is 0 Å². The van der Waals surface area contributed by atoms with Crippen molar-refractivity contribution in [2.24, 2.45) is 0 Å². The van der Waals surface area contributed by atoms with Crippen LogP contribution in [0.25, 0.3) is 0 Å². The Labute approximate surface area is 113 Å². The molecule has 1 rings (SSSR count). The minimum Gasteiger partial charge on any atom is -0.495 e. The molecule has 100 valence electrons. The summed E-state index contributed by atoms with van der Waals surface area (Å²) in [7, 11) is 1.62. The number of carboxylic acids is 1. The van der Waals surface area contributed by atoms with Crippen molar-refractivity contribution in [1.82, 2.24) is 0 Å². The molecular weight excluding hydrogens is 248 g/mol. The standard InChI is InChI=1S/C14H20O3S/c1-8-7-9(2)12(11(17-6)10(8)3)18-14(4,5)13(15)16/h7H,1-6H3,(H,15,16). The van der Waals surface area contributed by atoms with Crippen molar-refractivity contribution in [2.45, 2.75) is 44.3 Å². The number of hydrogen-bond acceptors (Lipinski definition) is 3. The molecular formula is C14H20O3S. The molecule has 0 heterocycles. The van der Waals surface area contributed by atoms with Gasteiger partial charge in [0.05, 0.1) is 12.0 Å². The van der Waals surface area contributed by atoms with Crippen LogP contribution in [0.1, 0.15) is 30.5 Å². The van der Waals surface area contributed by atoms with Crippen molar-refractivity contribution in [3.8, 4) is 5.75 Å². The van der Waals surface area contributed by atoms with Crippen LogP contribution in [0.4, 0.5) is 0 Å². The maximum absolute atomic E-state index is 11.2. The molecule has 0 saturated carbocycles. The van der Waals surface area contributed by atoms with Crippen LogP contribution in [0.2, 0.25) is 0 Å². The van der Waals surface area contributed by atoms with Gasteiger partial charge in [-0.05, 0) is 51.3 Å². The third kappa shape index (κ3) is 2.80. The van der Waals surface area contributed by atoms with Gasteiger partial charge in [0.1, 0.15) is 10.5 Å². The Morgan fingerprint density at radius 1 is 1.28 bits per heavy atom. The molecule has 4 heteroatoms. The maximum atomic E-state index is 11.2. The lowest BCUT2D eigenvalue weighted by molar-refractivity contribution is -0.138. The third-order valence-corrected chi connectivity index (χ3v) is 4.40. The molecule has 0 bridgehead atoms. The van der Waals surface area contributed by atoms with E-state index in [-0.39, 0.29) is 0 Å². The average Bonchev–Trinajstić information content (AvgIpc) is 2.26. The summed E-state index contributed by atoms with van der Waals surface area (Å²) in [6.07, 6.45) is 0. The van der Waals surface area contributed by atoms with E-state index >= 15 is 0 Å². The molecule has 18 heavy (non-hydrogen) atoms. The van der Waals surface area contributed by atoms with E-state index in [1.807, 2.05) is 20.8 Å². The van der Waals surface area contributed by atoms with E-state index < -0.39 is 10.7 Å². The van der Waals surface area contributed by atoms with E-state index in [9.17, 15) is 9.90 Å². The first-order valence-electron chi connectivity index (χ1n) is 5.78. The number of hydrogen-bond donors (Lipinski definition) is 1. The lowest BCUT2D eigenvalue weighted by atomic mass is 10.1. The van der Waals surface area contributed by atoms with E-state index in [1.54, 1.807) is 21.0 Å². The van der Waals surface area contributed by atoms with Gasteiger partial charge in [0.15, 0.2) is 0 Å². The van der Waals surface area contributed by atoms with Crippen molar-refractivity contribution < 1.29 is 14.6 Å². The normalized spacial score (nSPS) is 11.4. The van der Waals surface area contributed by atoms with E-state index in [2.05, 4.69) is 6.07 Å². The van der Waals surface area contributed by atoms with E-state index in [1.165, 1.54) is 11.8 Å². The molecule has 3 nitrogen and oxygen atoms in total. The fourth-order valence-electron chi connectivity index (χ4n) is 1.70. The topological polar surface area (TPSA) is 46.5 Å². The predicted octanol–water partition coefficient (Wildman–Crippen LogP) is 3.58. The van der Waals surface area contributed by atoms with Gasteiger partial charge in [0, 0.05) is 0 Å². The van der Waals surface area contributed by atoms with Crippen molar-refractivity contribution in [2.75, 3.05) is 7.11 Å². The van der Waals surface area contributed by atoms with Crippen LogP contribution in [-0.4, -0.2) is 22.9 Å². The maximum Gasteiger partial charge on any atom is 0.319 e. The van der Waals surface area contributed by atoms with Gasteiger partial charge in [-0.15, -0.1) is 11.8 Å². The van der Waals surface area contributed by atoms with Crippen molar-refractivity contribution in [1.29, 1.82) is 0 Å². The summed E-state index contributed by atoms with van der Waals surface area (Å²) in [6, 6.07) is 2.07. The van der Waals surface area contributed by atoms with Gasteiger partial charge in [-0.1, -0.05) is 6.07 Å². The van der Waals surface area contributed by atoms with Gasteiger partial charge in [-0.2, -0.15) is 0 Å². The summed E-state index contributed by atoms with van der Waals surface area (Å²) in [5.41, 5.74) is 3.27. The smallest absolute Gasteiger partial charge is 0.319 e. The van der Waals surface area contributed by atoms with Crippen molar-refractivity contribution in [3.05, 3.63) is 22.8 Å². The molecule has 1 aromatic carbocycles. The second-order valence-electron chi connectivity index (χ2n) is 4.92. The van der Waals surface area contributed by atoms with Crippen molar-refractivity contribution >= 4 is 17.7 Å². The highest BCUT2D eigenvalue weighted by atomic mass is 32.2. The molecule has 0 aliphatic carbocycles. The Hall–Kier alpha value is -1.16. The molecule has 1 N–H and O–H groups in total. The summed E-state index contributed by atoms with van der Waals surface area (Å²) in [4.78, 5) is 12.1. The molecule has 0 aliphatic heterocycles. The number of methoxy groups -OCH3 is 1. The molecule has 0 aromatic heterocycles. The lowest BCUT2D eigenvalue weighted by Gasteiger charge is -2.23. The van der Waals surface area contributed by atoms with Crippen LogP contribution in [0.5, 0.6) is 5.75 Å². The number of aliphatic carboxylic acids is 1.